The molecule has 34 heavy (non-hydrogen) atoms. The molecule has 176 valence electrons. The maximum atomic E-state index is 11.8. The molecule has 0 spiro atoms. The molecular weight excluding hydrogens is 434 g/mol. The Balaban J connectivity index is 1.53. The normalized spacial score (nSPS) is 16.2. The van der Waals surface area contributed by atoms with Gasteiger partial charge in [-0.1, -0.05) is 0 Å². The predicted octanol–water partition coefficient (Wildman–Crippen LogP) is 2.39. The minimum Gasteiger partial charge on any atom is -0.410 e. The van der Waals surface area contributed by atoms with Gasteiger partial charge in [-0.05, 0) is 32.0 Å². The van der Waals surface area contributed by atoms with E-state index in [-0.39, 0.29) is 0 Å². The van der Waals surface area contributed by atoms with Gasteiger partial charge >= 0.3 is 6.09 Å². The largest absolute Gasteiger partial charge is 0.412 e. The van der Waals surface area contributed by atoms with E-state index in [0.29, 0.717) is 29.0 Å². The molecule has 3 N–H and O–H groups in total. The molecule has 2 aromatic heterocycles. The summed E-state index contributed by atoms with van der Waals surface area (Å²) in [6.07, 6.45) is 3.20. The van der Waals surface area contributed by atoms with Gasteiger partial charge in [0.1, 0.15) is 11.8 Å². The number of rotatable bonds is 6. The van der Waals surface area contributed by atoms with Crippen LogP contribution in [-0.4, -0.2) is 71.9 Å². The second-order valence-electron chi connectivity index (χ2n) is 8.59. The number of hydrogen-bond donors (Lipinski definition) is 3. The number of likely N-dealkylation sites (N-methyl/N-ethyl adjacent to an activating group) is 1. The second-order valence-corrected chi connectivity index (χ2v) is 8.59. The average molecular weight is 462 g/mol. The van der Waals surface area contributed by atoms with E-state index in [1.54, 1.807) is 16.6 Å². The van der Waals surface area contributed by atoms with Crippen molar-refractivity contribution in [3.05, 3.63) is 36.2 Å². The summed E-state index contributed by atoms with van der Waals surface area (Å²) < 4.78 is 6.92. The first-order chi connectivity index (χ1) is 16.5. The van der Waals surface area contributed by atoms with Crippen LogP contribution in [0.2, 0.25) is 0 Å². The number of carbonyl (C=O) groups excluding carboxylic acids is 1. The van der Waals surface area contributed by atoms with Gasteiger partial charge in [0, 0.05) is 51.4 Å². The van der Waals surface area contributed by atoms with Crippen LogP contribution in [0.3, 0.4) is 0 Å². The Morgan fingerprint density at radius 2 is 1.97 bits per heavy atom. The van der Waals surface area contributed by atoms with Gasteiger partial charge in [0.25, 0.3) is 0 Å². The monoisotopic (exact) mass is 461 g/mol. The molecule has 1 saturated carbocycles. The Morgan fingerprint density at radius 1 is 1.18 bits per heavy atom. The lowest BCUT2D eigenvalue weighted by atomic mass is 10.2. The lowest BCUT2D eigenvalue weighted by molar-refractivity contribution is 0.203. The molecule has 3 heterocycles. The van der Waals surface area contributed by atoms with E-state index < -0.39 is 6.09 Å². The molecular formula is C23H27N9O2. The summed E-state index contributed by atoms with van der Waals surface area (Å²) in [6, 6.07) is 9.99. The summed E-state index contributed by atoms with van der Waals surface area (Å²) in [7, 11) is 3.63. The van der Waals surface area contributed by atoms with E-state index in [2.05, 4.69) is 48.9 Å². The van der Waals surface area contributed by atoms with E-state index in [9.17, 15) is 10.1 Å². The number of carbonyl (C=O) groups is 1. The van der Waals surface area contributed by atoms with E-state index in [4.69, 9.17) is 4.74 Å². The lowest BCUT2D eigenvalue weighted by Gasteiger charge is -2.35. The summed E-state index contributed by atoms with van der Waals surface area (Å²) in [4.78, 5) is 20.8. The van der Waals surface area contributed by atoms with Crippen molar-refractivity contribution < 1.29 is 9.53 Å². The van der Waals surface area contributed by atoms with Gasteiger partial charge in [0.15, 0.2) is 17.2 Å². The number of nitrogens with zero attached hydrogens (tertiary/aromatic N) is 6. The van der Waals surface area contributed by atoms with Crippen LogP contribution in [0.1, 0.15) is 18.5 Å². The van der Waals surface area contributed by atoms with Crippen molar-refractivity contribution in [1.29, 1.82) is 5.26 Å². The van der Waals surface area contributed by atoms with E-state index in [0.717, 1.165) is 56.1 Å². The second kappa shape index (κ2) is 9.07. The Kier molecular flexibility index (Phi) is 5.81. The van der Waals surface area contributed by atoms with Crippen LogP contribution in [0.5, 0.6) is 5.75 Å². The van der Waals surface area contributed by atoms with Crippen molar-refractivity contribution in [2.75, 3.05) is 55.8 Å². The number of piperazine rings is 1. The highest BCUT2D eigenvalue weighted by atomic mass is 16.5. The maximum absolute atomic E-state index is 11.8. The number of amides is 1. The van der Waals surface area contributed by atoms with Crippen molar-refractivity contribution in [2.24, 2.45) is 0 Å². The summed E-state index contributed by atoms with van der Waals surface area (Å²) in [5.74, 6) is 0.968. The van der Waals surface area contributed by atoms with Gasteiger partial charge in [0.2, 0.25) is 0 Å². The molecule has 0 unspecified atom stereocenters. The fourth-order valence-electron chi connectivity index (χ4n) is 3.96. The number of aromatic nitrogens is 3. The van der Waals surface area contributed by atoms with Gasteiger partial charge in [-0.2, -0.15) is 9.78 Å². The van der Waals surface area contributed by atoms with Gasteiger partial charge in [0.05, 0.1) is 23.3 Å². The molecule has 1 aliphatic heterocycles. The van der Waals surface area contributed by atoms with Crippen LogP contribution in [0, 0.1) is 11.3 Å². The summed E-state index contributed by atoms with van der Waals surface area (Å²) >= 11 is 0. The Hall–Kier alpha value is -4.04. The standard InChI is InChI=1S/C23H27N9O2/c1-25-23(33)34-17-5-6-20(31-9-7-30(2)8-10-31)18(11-17)28-21-12-19(27-15-3-4-15)22-26-14-16(13-24)32(22)29-21/h5-6,11-12,14-15,27H,3-4,7-10H2,1-2H3,(H,25,33)(H,28,29). The number of imidazole rings is 1. The summed E-state index contributed by atoms with van der Waals surface area (Å²) in [5, 5.41) is 23.5. The minimum atomic E-state index is -0.536. The van der Waals surface area contributed by atoms with Crippen molar-refractivity contribution in [3.63, 3.8) is 0 Å². The molecule has 0 radical (unpaired) electrons. The maximum Gasteiger partial charge on any atom is 0.412 e. The van der Waals surface area contributed by atoms with Crippen LogP contribution in [0.4, 0.5) is 27.7 Å². The molecule has 5 rings (SSSR count). The summed E-state index contributed by atoms with van der Waals surface area (Å²) in [5.41, 5.74) is 3.54. The SMILES string of the molecule is CNC(=O)Oc1ccc(N2CCN(C)CC2)c(Nc2cc(NC3CC3)c3ncc(C#N)n3n2)c1. The molecule has 2 aliphatic rings. The Morgan fingerprint density at radius 3 is 2.68 bits per heavy atom. The van der Waals surface area contributed by atoms with Gasteiger partial charge < -0.3 is 30.5 Å². The average Bonchev–Trinajstić information content (AvgIpc) is 3.56. The van der Waals surface area contributed by atoms with Crippen molar-refractivity contribution in [1.82, 2.24) is 24.8 Å². The quantitative estimate of drug-likeness (QED) is 0.508. The van der Waals surface area contributed by atoms with Crippen molar-refractivity contribution >= 4 is 34.6 Å². The van der Waals surface area contributed by atoms with Crippen molar-refractivity contribution in [3.8, 4) is 11.8 Å². The number of nitrogens with one attached hydrogen (secondary N) is 3. The first-order valence-corrected chi connectivity index (χ1v) is 11.3. The van der Waals surface area contributed by atoms with Gasteiger partial charge in [-0.15, -0.1) is 5.10 Å². The number of anilines is 4. The molecule has 1 aliphatic carbocycles. The highest BCUT2D eigenvalue weighted by Crippen LogP contribution is 2.35. The van der Waals surface area contributed by atoms with Crippen molar-refractivity contribution in [2.45, 2.75) is 18.9 Å². The van der Waals surface area contributed by atoms with Crippen LogP contribution in [-0.2, 0) is 0 Å². The van der Waals surface area contributed by atoms with E-state index in [1.165, 1.54) is 13.2 Å². The third-order valence-electron chi connectivity index (χ3n) is 6.01. The fraction of sp³-hybridized carbons (Fsp3) is 0.391. The molecule has 11 nitrogen and oxygen atoms in total. The molecule has 1 amide bonds. The van der Waals surface area contributed by atoms with E-state index in [1.807, 2.05) is 12.1 Å². The Bertz CT molecular complexity index is 1250. The third kappa shape index (κ3) is 4.53. The fourth-order valence-corrected chi connectivity index (χ4v) is 3.96. The summed E-state index contributed by atoms with van der Waals surface area (Å²) in [6.45, 7) is 3.66. The molecule has 0 bridgehead atoms. The zero-order valence-electron chi connectivity index (χ0n) is 19.2. The van der Waals surface area contributed by atoms with Gasteiger partial charge in [-0.3, -0.25) is 0 Å². The van der Waals surface area contributed by atoms with Crippen LogP contribution in [0.25, 0.3) is 5.65 Å². The topological polar surface area (TPSA) is 123 Å². The molecule has 2 fully saturated rings. The zero-order chi connectivity index (χ0) is 23.7. The number of benzene rings is 1. The van der Waals surface area contributed by atoms with Crippen LogP contribution < -0.4 is 25.6 Å². The highest BCUT2D eigenvalue weighted by Gasteiger charge is 2.24. The van der Waals surface area contributed by atoms with Crippen LogP contribution >= 0.6 is 0 Å². The van der Waals surface area contributed by atoms with Gasteiger partial charge in [-0.25, -0.2) is 9.78 Å². The molecule has 3 aromatic rings. The number of nitriles is 1. The molecule has 1 saturated heterocycles. The highest BCUT2D eigenvalue weighted by molar-refractivity contribution is 5.80. The predicted molar refractivity (Wildman–Crippen MR) is 129 cm³/mol. The third-order valence-corrected chi connectivity index (χ3v) is 6.01. The number of ether oxygens (including phenoxy) is 1. The minimum absolute atomic E-state index is 0.355. The lowest BCUT2D eigenvalue weighted by Crippen LogP contribution is -2.44. The molecule has 1 aromatic carbocycles. The smallest absolute Gasteiger partial charge is 0.410 e. The molecule has 11 heteroatoms. The molecule has 0 atom stereocenters. The number of hydrogen-bond acceptors (Lipinski definition) is 9. The number of fused-ring (bicyclic) bond motifs is 1. The van der Waals surface area contributed by atoms with E-state index >= 15 is 0 Å². The first-order valence-electron chi connectivity index (χ1n) is 11.3. The Labute approximate surface area is 197 Å². The first kappa shape index (κ1) is 21.8. The van der Waals surface area contributed by atoms with Crippen LogP contribution in [0.15, 0.2) is 30.5 Å². The zero-order valence-corrected chi connectivity index (χ0v) is 19.2.